The Labute approximate surface area is 113 Å². The molecule has 1 aromatic heterocycles. The summed E-state index contributed by atoms with van der Waals surface area (Å²) in [7, 11) is 1.94. The number of amides is 1. The Bertz CT molecular complexity index is 431. The monoisotopic (exact) mass is 263 g/mol. The summed E-state index contributed by atoms with van der Waals surface area (Å²) in [6, 6.07) is 3.44. The van der Waals surface area contributed by atoms with E-state index in [1.165, 1.54) is 0 Å². The molecule has 0 bridgehead atoms. The molecule has 2 heterocycles. The first kappa shape index (κ1) is 13.8. The maximum Gasteiger partial charge on any atom is 0.252 e. The molecular formula is C13H21N5O. The standard InChI is InChI=1S/C13H21N5O/c1-17(9-10-18-7-5-15-6-8-18)13-11(12(14)19)3-2-4-16-13/h2-4,15H,5-10H2,1H3,(H2,14,19). The molecule has 0 aliphatic carbocycles. The number of primary amides is 1. The molecule has 1 fully saturated rings. The first-order chi connectivity index (χ1) is 9.18. The Balaban J connectivity index is 1.95. The normalized spacial score (nSPS) is 16.3. The number of aromatic nitrogens is 1. The van der Waals surface area contributed by atoms with Crippen LogP contribution in [0.5, 0.6) is 0 Å². The number of anilines is 1. The number of carbonyl (C=O) groups is 1. The first-order valence-corrected chi connectivity index (χ1v) is 6.57. The molecule has 6 heteroatoms. The minimum Gasteiger partial charge on any atom is -0.365 e. The van der Waals surface area contributed by atoms with Crippen molar-refractivity contribution in [3.63, 3.8) is 0 Å². The second kappa shape index (κ2) is 6.49. The van der Waals surface area contributed by atoms with Gasteiger partial charge in [-0.15, -0.1) is 0 Å². The molecule has 1 aliphatic heterocycles. The zero-order valence-corrected chi connectivity index (χ0v) is 11.3. The van der Waals surface area contributed by atoms with Crippen LogP contribution in [0.1, 0.15) is 10.4 Å². The van der Waals surface area contributed by atoms with Gasteiger partial charge in [-0.1, -0.05) is 0 Å². The van der Waals surface area contributed by atoms with Gasteiger partial charge in [0.25, 0.3) is 5.91 Å². The van der Waals surface area contributed by atoms with Crippen molar-refractivity contribution in [2.24, 2.45) is 5.73 Å². The lowest BCUT2D eigenvalue weighted by Gasteiger charge is -2.29. The molecule has 1 aliphatic rings. The summed E-state index contributed by atoms with van der Waals surface area (Å²) in [6.45, 7) is 6.02. The fourth-order valence-electron chi connectivity index (χ4n) is 2.23. The number of likely N-dealkylation sites (N-methyl/N-ethyl adjacent to an activating group) is 1. The molecule has 6 nitrogen and oxygen atoms in total. The number of carbonyl (C=O) groups excluding carboxylic acids is 1. The molecule has 1 saturated heterocycles. The second-order valence-electron chi connectivity index (χ2n) is 4.75. The van der Waals surface area contributed by atoms with Crippen molar-refractivity contribution in [1.29, 1.82) is 0 Å². The predicted octanol–water partition coefficient (Wildman–Crippen LogP) is -0.478. The van der Waals surface area contributed by atoms with Crippen molar-refractivity contribution in [3.05, 3.63) is 23.9 Å². The molecule has 0 unspecified atom stereocenters. The Hall–Kier alpha value is -1.66. The molecule has 19 heavy (non-hydrogen) atoms. The van der Waals surface area contributed by atoms with E-state index in [-0.39, 0.29) is 0 Å². The molecule has 1 amide bonds. The fourth-order valence-corrected chi connectivity index (χ4v) is 2.23. The van der Waals surface area contributed by atoms with Crippen LogP contribution in [0.2, 0.25) is 0 Å². The number of hydrogen-bond acceptors (Lipinski definition) is 5. The Morgan fingerprint density at radius 1 is 1.53 bits per heavy atom. The van der Waals surface area contributed by atoms with E-state index in [9.17, 15) is 4.79 Å². The van der Waals surface area contributed by atoms with Gasteiger partial charge in [0.05, 0.1) is 5.56 Å². The molecule has 3 N–H and O–H groups in total. The van der Waals surface area contributed by atoms with Crippen LogP contribution in [0, 0.1) is 0 Å². The smallest absolute Gasteiger partial charge is 0.252 e. The molecular weight excluding hydrogens is 242 g/mol. The average molecular weight is 263 g/mol. The summed E-state index contributed by atoms with van der Waals surface area (Å²) < 4.78 is 0. The van der Waals surface area contributed by atoms with Gasteiger partial charge in [-0.3, -0.25) is 9.69 Å². The number of hydrogen-bond donors (Lipinski definition) is 2. The number of nitrogens with two attached hydrogens (primary N) is 1. The third-order valence-corrected chi connectivity index (χ3v) is 3.37. The van der Waals surface area contributed by atoms with Gasteiger partial charge < -0.3 is 16.0 Å². The van der Waals surface area contributed by atoms with Crippen molar-refractivity contribution >= 4 is 11.7 Å². The summed E-state index contributed by atoms with van der Waals surface area (Å²) in [5.74, 6) is 0.224. The molecule has 0 spiro atoms. The summed E-state index contributed by atoms with van der Waals surface area (Å²) in [4.78, 5) is 20.0. The highest BCUT2D eigenvalue weighted by Crippen LogP contribution is 2.14. The van der Waals surface area contributed by atoms with Crippen LogP contribution in [0.3, 0.4) is 0 Å². The quantitative estimate of drug-likeness (QED) is 0.751. The number of nitrogens with one attached hydrogen (secondary N) is 1. The molecule has 2 rings (SSSR count). The molecule has 0 aromatic carbocycles. The van der Waals surface area contributed by atoms with Crippen LogP contribution in [-0.4, -0.2) is 62.1 Å². The van der Waals surface area contributed by atoms with Gasteiger partial charge in [-0.05, 0) is 12.1 Å². The fraction of sp³-hybridized carbons (Fsp3) is 0.538. The third-order valence-electron chi connectivity index (χ3n) is 3.37. The summed E-state index contributed by atoms with van der Waals surface area (Å²) in [6.07, 6.45) is 1.68. The van der Waals surface area contributed by atoms with Gasteiger partial charge in [0.15, 0.2) is 0 Å². The van der Waals surface area contributed by atoms with E-state index >= 15 is 0 Å². The number of nitrogens with zero attached hydrogens (tertiary/aromatic N) is 3. The lowest BCUT2D eigenvalue weighted by atomic mass is 10.2. The van der Waals surface area contributed by atoms with Gasteiger partial charge in [-0.2, -0.15) is 0 Å². The molecule has 1 aromatic rings. The van der Waals surface area contributed by atoms with Crippen LogP contribution in [0.4, 0.5) is 5.82 Å². The lowest BCUT2D eigenvalue weighted by molar-refractivity contribution is 0.100. The summed E-state index contributed by atoms with van der Waals surface area (Å²) in [5, 5.41) is 3.33. The van der Waals surface area contributed by atoms with Crippen molar-refractivity contribution in [2.75, 3.05) is 51.2 Å². The largest absolute Gasteiger partial charge is 0.365 e. The number of piperazine rings is 1. The van der Waals surface area contributed by atoms with Gasteiger partial charge in [-0.25, -0.2) is 4.98 Å². The van der Waals surface area contributed by atoms with E-state index < -0.39 is 5.91 Å². The van der Waals surface area contributed by atoms with Gasteiger partial charge >= 0.3 is 0 Å². The Kier molecular flexibility index (Phi) is 4.70. The van der Waals surface area contributed by atoms with Crippen molar-refractivity contribution in [3.8, 4) is 0 Å². The topological polar surface area (TPSA) is 74.5 Å². The van der Waals surface area contributed by atoms with Crippen LogP contribution in [0.15, 0.2) is 18.3 Å². The van der Waals surface area contributed by atoms with E-state index in [1.54, 1.807) is 18.3 Å². The number of rotatable bonds is 5. The van der Waals surface area contributed by atoms with Crippen molar-refractivity contribution < 1.29 is 4.79 Å². The van der Waals surface area contributed by atoms with Gasteiger partial charge in [0, 0.05) is 52.5 Å². The van der Waals surface area contributed by atoms with E-state index in [4.69, 9.17) is 5.73 Å². The highest BCUT2D eigenvalue weighted by Gasteiger charge is 2.14. The summed E-state index contributed by atoms with van der Waals surface area (Å²) in [5.41, 5.74) is 5.84. The van der Waals surface area contributed by atoms with Gasteiger partial charge in [0.2, 0.25) is 0 Å². The van der Waals surface area contributed by atoms with E-state index in [2.05, 4.69) is 15.2 Å². The van der Waals surface area contributed by atoms with E-state index in [1.807, 2.05) is 11.9 Å². The molecule has 0 saturated carbocycles. The first-order valence-electron chi connectivity index (χ1n) is 6.57. The molecule has 0 radical (unpaired) electrons. The highest BCUT2D eigenvalue weighted by atomic mass is 16.1. The van der Waals surface area contributed by atoms with E-state index in [0.717, 1.165) is 39.3 Å². The number of pyridine rings is 1. The van der Waals surface area contributed by atoms with Gasteiger partial charge in [0.1, 0.15) is 5.82 Å². The minimum atomic E-state index is -0.433. The predicted molar refractivity (Wildman–Crippen MR) is 75.3 cm³/mol. The zero-order valence-electron chi connectivity index (χ0n) is 11.3. The Morgan fingerprint density at radius 2 is 2.26 bits per heavy atom. The van der Waals surface area contributed by atoms with Crippen molar-refractivity contribution in [1.82, 2.24) is 15.2 Å². The van der Waals surface area contributed by atoms with Crippen LogP contribution in [0.25, 0.3) is 0 Å². The SMILES string of the molecule is CN(CCN1CCNCC1)c1ncccc1C(N)=O. The molecule has 0 atom stereocenters. The zero-order chi connectivity index (χ0) is 13.7. The molecule has 104 valence electrons. The highest BCUT2D eigenvalue weighted by molar-refractivity contribution is 5.97. The second-order valence-corrected chi connectivity index (χ2v) is 4.75. The lowest BCUT2D eigenvalue weighted by Crippen LogP contribution is -2.46. The Morgan fingerprint density at radius 3 is 2.95 bits per heavy atom. The van der Waals surface area contributed by atoms with E-state index in [0.29, 0.717) is 11.4 Å². The third kappa shape index (κ3) is 3.65. The maximum atomic E-state index is 11.4. The minimum absolute atomic E-state index is 0.433. The van der Waals surface area contributed by atoms with Crippen LogP contribution < -0.4 is 16.0 Å². The van der Waals surface area contributed by atoms with Crippen molar-refractivity contribution in [2.45, 2.75) is 0 Å². The average Bonchev–Trinajstić information content (AvgIpc) is 2.46. The van der Waals surface area contributed by atoms with Crippen LogP contribution in [-0.2, 0) is 0 Å². The maximum absolute atomic E-state index is 11.4. The summed E-state index contributed by atoms with van der Waals surface area (Å²) >= 11 is 0. The van der Waals surface area contributed by atoms with Crippen LogP contribution >= 0.6 is 0 Å².